The Morgan fingerprint density at radius 3 is 2.35 bits per heavy atom. The molecule has 20 heavy (non-hydrogen) atoms. The number of hydrogen-bond acceptors (Lipinski definition) is 2. The van der Waals surface area contributed by atoms with E-state index < -0.39 is 5.97 Å². The molecule has 1 amide bonds. The Hall–Kier alpha value is -1.84. The maximum Gasteiger partial charge on any atom is 0.303 e. The first-order valence-electron chi connectivity index (χ1n) is 7.12. The number of benzene rings is 1. The fraction of sp³-hybridized carbons (Fsp3) is 0.500. The topological polar surface area (TPSA) is 66.4 Å². The van der Waals surface area contributed by atoms with Gasteiger partial charge in [0.25, 0.3) is 0 Å². The summed E-state index contributed by atoms with van der Waals surface area (Å²) in [6.07, 6.45) is 4.13. The summed E-state index contributed by atoms with van der Waals surface area (Å²) in [5.41, 5.74) is 2.21. The largest absolute Gasteiger partial charge is 0.481 e. The van der Waals surface area contributed by atoms with E-state index in [1.807, 2.05) is 31.2 Å². The Morgan fingerprint density at radius 1 is 1.05 bits per heavy atom. The molecule has 110 valence electrons. The van der Waals surface area contributed by atoms with Crippen LogP contribution in [0.2, 0.25) is 0 Å². The maximum absolute atomic E-state index is 11.7. The second-order valence-corrected chi connectivity index (χ2v) is 5.07. The molecule has 4 nitrogen and oxygen atoms in total. The molecule has 1 aromatic carbocycles. The molecule has 2 N–H and O–H groups in total. The van der Waals surface area contributed by atoms with Crippen molar-refractivity contribution in [3.63, 3.8) is 0 Å². The van der Waals surface area contributed by atoms with Crippen LogP contribution in [-0.2, 0) is 16.0 Å². The van der Waals surface area contributed by atoms with Crippen molar-refractivity contribution >= 4 is 11.9 Å². The minimum absolute atomic E-state index is 0.0411. The van der Waals surface area contributed by atoms with E-state index in [4.69, 9.17) is 5.11 Å². The number of carbonyl (C=O) groups is 2. The Morgan fingerprint density at radius 2 is 1.70 bits per heavy atom. The lowest BCUT2D eigenvalue weighted by Gasteiger charge is -2.05. The smallest absolute Gasteiger partial charge is 0.303 e. The maximum atomic E-state index is 11.7. The first-order chi connectivity index (χ1) is 9.58. The summed E-state index contributed by atoms with van der Waals surface area (Å²) in [6.45, 7) is 2.69. The monoisotopic (exact) mass is 277 g/mol. The van der Waals surface area contributed by atoms with E-state index in [9.17, 15) is 9.59 Å². The van der Waals surface area contributed by atoms with Crippen molar-refractivity contribution in [2.24, 2.45) is 0 Å². The Balaban J connectivity index is 2.05. The molecule has 0 atom stereocenters. The lowest BCUT2D eigenvalue weighted by molar-refractivity contribution is -0.137. The number of aryl methyl sites for hydroxylation is 1. The summed E-state index contributed by atoms with van der Waals surface area (Å²) in [4.78, 5) is 22.0. The summed E-state index contributed by atoms with van der Waals surface area (Å²) >= 11 is 0. The molecule has 0 bridgehead atoms. The summed E-state index contributed by atoms with van der Waals surface area (Å²) in [5, 5.41) is 11.4. The van der Waals surface area contributed by atoms with Gasteiger partial charge < -0.3 is 10.4 Å². The summed E-state index contributed by atoms with van der Waals surface area (Å²) in [7, 11) is 0. The quantitative estimate of drug-likeness (QED) is 0.682. The van der Waals surface area contributed by atoms with Crippen molar-refractivity contribution in [1.29, 1.82) is 0 Å². The van der Waals surface area contributed by atoms with Crippen LogP contribution < -0.4 is 5.32 Å². The van der Waals surface area contributed by atoms with Gasteiger partial charge in [-0.15, -0.1) is 0 Å². The first-order valence-corrected chi connectivity index (χ1v) is 7.12. The van der Waals surface area contributed by atoms with Crippen molar-refractivity contribution < 1.29 is 14.7 Å². The number of carboxylic acids is 1. The Labute approximate surface area is 120 Å². The summed E-state index contributed by atoms with van der Waals surface area (Å²) in [6, 6.07) is 7.96. The molecule has 0 aromatic heterocycles. The van der Waals surface area contributed by atoms with E-state index in [2.05, 4.69) is 5.32 Å². The molecule has 0 spiro atoms. The van der Waals surface area contributed by atoms with E-state index in [1.54, 1.807) is 0 Å². The molecule has 0 fully saturated rings. The van der Waals surface area contributed by atoms with Crippen molar-refractivity contribution in [1.82, 2.24) is 5.32 Å². The van der Waals surface area contributed by atoms with Gasteiger partial charge in [-0.2, -0.15) is 0 Å². The minimum atomic E-state index is -0.739. The number of hydrogen-bond donors (Lipinski definition) is 2. The molecule has 0 heterocycles. The fourth-order valence-electron chi connectivity index (χ4n) is 1.94. The number of carboxylic acid groups (broad SMARTS) is 1. The zero-order valence-electron chi connectivity index (χ0n) is 12.0. The van der Waals surface area contributed by atoms with Gasteiger partial charge >= 0.3 is 5.97 Å². The van der Waals surface area contributed by atoms with E-state index in [1.165, 1.54) is 5.56 Å². The van der Waals surface area contributed by atoms with Gasteiger partial charge in [0.05, 0.1) is 6.42 Å². The van der Waals surface area contributed by atoms with Crippen molar-refractivity contribution in [2.75, 3.05) is 6.54 Å². The van der Waals surface area contributed by atoms with Crippen LogP contribution in [0.3, 0.4) is 0 Å². The van der Waals surface area contributed by atoms with E-state index in [-0.39, 0.29) is 12.3 Å². The molecular formula is C16H23NO3. The number of amides is 1. The van der Waals surface area contributed by atoms with Crippen molar-refractivity contribution in [2.45, 2.75) is 45.4 Å². The van der Waals surface area contributed by atoms with Crippen molar-refractivity contribution in [3.05, 3.63) is 35.4 Å². The molecule has 0 aliphatic carbocycles. The molecule has 1 aromatic rings. The Kier molecular flexibility index (Phi) is 7.40. The van der Waals surface area contributed by atoms with Crippen LogP contribution in [0.15, 0.2) is 24.3 Å². The first kappa shape index (κ1) is 16.2. The number of unbranched alkanes of at least 4 members (excludes halogenated alkanes) is 3. The normalized spacial score (nSPS) is 10.2. The van der Waals surface area contributed by atoms with Gasteiger partial charge in [0, 0.05) is 13.0 Å². The third-order valence-corrected chi connectivity index (χ3v) is 3.12. The molecule has 1 rings (SSSR count). The average Bonchev–Trinajstić information content (AvgIpc) is 2.40. The molecule has 4 heteroatoms. The SMILES string of the molecule is Cc1ccc(CC(=O)NCCCCCCC(=O)O)cc1. The van der Waals surface area contributed by atoms with Crippen LogP contribution in [0.4, 0.5) is 0 Å². The summed E-state index contributed by atoms with van der Waals surface area (Å²) < 4.78 is 0. The second kappa shape index (κ2) is 9.13. The highest BCUT2D eigenvalue weighted by atomic mass is 16.4. The number of carbonyl (C=O) groups excluding carboxylic acids is 1. The molecule has 0 aliphatic rings. The second-order valence-electron chi connectivity index (χ2n) is 5.07. The summed E-state index contributed by atoms with van der Waals surface area (Å²) in [5.74, 6) is -0.698. The average molecular weight is 277 g/mol. The lowest BCUT2D eigenvalue weighted by atomic mass is 10.1. The van der Waals surface area contributed by atoms with Crippen LogP contribution >= 0.6 is 0 Å². The van der Waals surface area contributed by atoms with E-state index >= 15 is 0 Å². The van der Waals surface area contributed by atoms with Crippen LogP contribution in [0.25, 0.3) is 0 Å². The molecule has 0 saturated carbocycles. The van der Waals surface area contributed by atoms with Crippen LogP contribution in [0, 0.1) is 6.92 Å². The lowest BCUT2D eigenvalue weighted by Crippen LogP contribution is -2.26. The van der Waals surface area contributed by atoms with Gasteiger partial charge in [-0.25, -0.2) is 0 Å². The minimum Gasteiger partial charge on any atom is -0.481 e. The zero-order valence-corrected chi connectivity index (χ0v) is 12.0. The predicted octanol–water partition coefficient (Wildman–Crippen LogP) is 2.69. The predicted molar refractivity (Wildman–Crippen MR) is 78.6 cm³/mol. The number of aliphatic carboxylic acids is 1. The molecule has 0 unspecified atom stereocenters. The molecule has 0 saturated heterocycles. The van der Waals surface area contributed by atoms with Gasteiger partial charge in [0.15, 0.2) is 0 Å². The van der Waals surface area contributed by atoms with E-state index in [0.29, 0.717) is 19.4 Å². The molecule has 0 radical (unpaired) electrons. The number of nitrogens with one attached hydrogen (secondary N) is 1. The van der Waals surface area contributed by atoms with Crippen LogP contribution in [0.1, 0.15) is 43.2 Å². The van der Waals surface area contributed by atoms with Crippen molar-refractivity contribution in [3.8, 4) is 0 Å². The van der Waals surface area contributed by atoms with Gasteiger partial charge in [-0.3, -0.25) is 9.59 Å². The highest BCUT2D eigenvalue weighted by Gasteiger charge is 2.02. The molecular weight excluding hydrogens is 254 g/mol. The highest BCUT2D eigenvalue weighted by Crippen LogP contribution is 2.04. The van der Waals surface area contributed by atoms with Gasteiger partial charge in [0.1, 0.15) is 0 Å². The standard InChI is InChI=1S/C16H23NO3/c1-13-7-9-14(10-8-13)12-15(18)17-11-5-3-2-4-6-16(19)20/h7-10H,2-6,11-12H2,1H3,(H,17,18)(H,19,20). The van der Waals surface area contributed by atoms with Crippen LogP contribution in [0.5, 0.6) is 0 Å². The van der Waals surface area contributed by atoms with Gasteiger partial charge in [-0.1, -0.05) is 42.7 Å². The highest BCUT2D eigenvalue weighted by molar-refractivity contribution is 5.78. The van der Waals surface area contributed by atoms with Gasteiger partial charge in [-0.05, 0) is 25.3 Å². The third kappa shape index (κ3) is 7.56. The third-order valence-electron chi connectivity index (χ3n) is 3.12. The Bertz CT molecular complexity index is 426. The zero-order chi connectivity index (χ0) is 14.8. The van der Waals surface area contributed by atoms with Gasteiger partial charge in [0.2, 0.25) is 5.91 Å². The van der Waals surface area contributed by atoms with Crippen LogP contribution in [-0.4, -0.2) is 23.5 Å². The number of rotatable bonds is 9. The molecule has 0 aliphatic heterocycles. The van der Waals surface area contributed by atoms with E-state index in [0.717, 1.165) is 24.8 Å². The fourth-order valence-corrected chi connectivity index (χ4v) is 1.94.